The minimum absolute atomic E-state index is 0.211. The number of hydrogen-bond donors (Lipinski definition) is 2. The topological polar surface area (TPSA) is 66.9 Å². The molecule has 0 spiro atoms. The maximum absolute atomic E-state index is 12.4. The van der Waals surface area contributed by atoms with Crippen LogP contribution in [-0.2, 0) is 13.0 Å². The van der Waals surface area contributed by atoms with Gasteiger partial charge in [0.25, 0.3) is 5.91 Å². The van der Waals surface area contributed by atoms with Crippen molar-refractivity contribution in [3.63, 3.8) is 0 Å². The molecule has 1 aromatic heterocycles. The molecular weight excluding hydrogens is 356 g/mol. The van der Waals surface area contributed by atoms with E-state index in [9.17, 15) is 4.79 Å². The summed E-state index contributed by atoms with van der Waals surface area (Å²) in [4.78, 5) is 22.0. The molecule has 2 aromatic carbocycles. The number of carbonyl (C=O) groups excluding carboxylic acids is 1. The van der Waals surface area contributed by atoms with Crippen LogP contribution in [0.15, 0.2) is 71.8 Å². The molecule has 0 saturated carbocycles. The summed E-state index contributed by atoms with van der Waals surface area (Å²) < 4.78 is 0. The second-order valence-corrected chi connectivity index (χ2v) is 6.84. The number of thioether (sulfide) groups is 1. The molecule has 3 rings (SSSR count). The van der Waals surface area contributed by atoms with Gasteiger partial charge in [-0.3, -0.25) is 4.79 Å². The molecule has 0 aliphatic carbocycles. The number of nitrogens with one attached hydrogen (secondary N) is 2. The first kappa shape index (κ1) is 18.9. The standard InChI is InChI=1S/C21H22N4OS/c1-27-18-9-7-17(8-10-18)15-24-20(26)19-12-14-23-21(25-19)22-13-11-16-5-3-2-4-6-16/h2-10,12,14H,11,13,15H2,1H3,(H,24,26)(H,22,23,25). The molecule has 3 aromatic rings. The Morgan fingerprint density at radius 2 is 1.78 bits per heavy atom. The van der Waals surface area contributed by atoms with E-state index >= 15 is 0 Å². The maximum atomic E-state index is 12.4. The summed E-state index contributed by atoms with van der Waals surface area (Å²) in [6.45, 7) is 1.17. The average molecular weight is 379 g/mol. The van der Waals surface area contributed by atoms with Crippen molar-refractivity contribution in [1.82, 2.24) is 15.3 Å². The first-order chi connectivity index (χ1) is 13.2. The van der Waals surface area contributed by atoms with Gasteiger partial charge in [0, 0.05) is 24.2 Å². The molecule has 0 aliphatic heterocycles. The molecule has 1 heterocycles. The summed E-state index contributed by atoms with van der Waals surface area (Å²) in [6, 6.07) is 19.9. The largest absolute Gasteiger partial charge is 0.354 e. The molecule has 0 atom stereocenters. The van der Waals surface area contributed by atoms with Crippen molar-refractivity contribution in [2.45, 2.75) is 17.9 Å². The van der Waals surface area contributed by atoms with E-state index in [-0.39, 0.29) is 5.91 Å². The fourth-order valence-electron chi connectivity index (χ4n) is 2.55. The molecular formula is C21H22N4OS. The predicted octanol–water partition coefficient (Wildman–Crippen LogP) is 3.78. The van der Waals surface area contributed by atoms with Crippen LogP contribution in [-0.4, -0.2) is 28.7 Å². The zero-order chi connectivity index (χ0) is 18.9. The number of nitrogens with zero attached hydrogens (tertiary/aromatic N) is 2. The molecule has 0 bridgehead atoms. The Kier molecular flexibility index (Phi) is 6.82. The van der Waals surface area contributed by atoms with E-state index in [2.05, 4.69) is 32.7 Å². The smallest absolute Gasteiger partial charge is 0.270 e. The third kappa shape index (κ3) is 5.82. The Labute approximate surface area is 163 Å². The van der Waals surface area contributed by atoms with Gasteiger partial charge >= 0.3 is 0 Å². The second-order valence-electron chi connectivity index (χ2n) is 5.96. The third-order valence-corrected chi connectivity index (χ3v) is 4.78. The normalized spacial score (nSPS) is 10.4. The Balaban J connectivity index is 1.51. The van der Waals surface area contributed by atoms with Gasteiger partial charge in [0.2, 0.25) is 5.95 Å². The van der Waals surface area contributed by atoms with Gasteiger partial charge in [0.1, 0.15) is 5.69 Å². The Morgan fingerprint density at radius 1 is 1.00 bits per heavy atom. The van der Waals surface area contributed by atoms with Crippen LogP contribution in [0.25, 0.3) is 0 Å². The summed E-state index contributed by atoms with van der Waals surface area (Å²) in [5.41, 5.74) is 2.65. The molecule has 2 N–H and O–H groups in total. The van der Waals surface area contributed by atoms with Crippen LogP contribution in [0.4, 0.5) is 5.95 Å². The number of carbonyl (C=O) groups is 1. The highest BCUT2D eigenvalue weighted by Gasteiger charge is 2.08. The molecule has 138 valence electrons. The molecule has 0 aliphatic rings. The summed E-state index contributed by atoms with van der Waals surface area (Å²) in [7, 11) is 0. The predicted molar refractivity (Wildman–Crippen MR) is 110 cm³/mol. The average Bonchev–Trinajstić information content (AvgIpc) is 2.73. The lowest BCUT2D eigenvalue weighted by Gasteiger charge is -2.08. The van der Waals surface area contributed by atoms with Crippen LogP contribution in [0.1, 0.15) is 21.6 Å². The number of hydrogen-bond acceptors (Lipinski definition) is 5. The SMILES string of the molecule is CSc1ccc(CNC(=O)c2ccnc(NCCc3ccccc3)n2)cc1. The summed E-state index contributed by atoms with van der Waals surface area (Å²) in [5, 5.41) is 6.07. The number of anilines is 1. The highest BCUT2D eigenvalue weighted by atomic mass is 32.2. The minimum atomic E-state index is -0.211. The van der Waals surface area contributed by atoms with Gasteiger partial charge in [0.05, 0.1) is 0 Å². The van der Waals surface area contributed by atoms with Crippen LogP contribution in [0.5, 0.6) is 0 Å². The molecule has 0 fully saturated rings. The van der Waals surface area contributed by atoms with Gasteiger partial charge in [0.15, 0.2) is 0 Å². The van der Waals surface area contributed by atoms with Crippen molar-refractivity contribution in [3.05, 3.63) is 83.7 Å². The van der Waals surface area contributed by atoms with Crippen molar-refractivity contribution in [3.8, 4) is 0 Å². The van der Waals surface area contributed by atoms with E-state index in [1.54, 1.807) is 24.0 Å². The van der Waals surface area contributed by atoms with Gasteiger partial charge in [-0.25, -0.2) is 9.97 Å². The zero-order valence-electron chi connectivity index (χ0n) is 15.2. The lowest BCUT2D eigenvalue weighted by atomic mass is 10.1. The molecule has 5 nitrogen and oxygen atoms in total. The van der Waals surface area contributed by atoms with Gasteiger partial charge in [-0.15, -0.1) is 11.8 Å². The fraction of sp³-hybridized carbons (Fsp3) is 0.190. The molecule has 0 unspecified atom stereocenters. The Hall–Kier alpha value is -2.86. The van der Waals surface area contributed by atoms with Crippen molar-refractivity contribution in [2.75, 3.05) is 18.1 Å². The molecule has 0 radical (unpaired) electrons. The van der Waals surface area contributed by atoms with Gasteiger partial charge < -0.3 is 10.6 Å². The molecule has 27 heavy (non-hydrogen) atoms. The van der Waals surface area contributed by atoms with Gasteiger partial charge in [-0.2, -0.15) is 0 Å². The van der Waals surface area contributed by atoms with E-state index in [4.69, 9.17) is 0 Å². The minimum Gasteiger partial charge on any atom is -0.354 e. The first-order valence-corrected chi connectivity index (χ1v) is 9.99. The zero-order valence-corrected chi connectivity index (χ0v) is 16.0. The lowest BCUT2D eigenvalue weighted by molar-refractivity contribution is 0.0946. The van der Waals surface area contributed by atoms with Crippen LogP contribution in [0.2, 0.25) is 0 Å². The van der Waals surface area contributed by atoms with E-state index in [1.165, 1.54) is 10.5 Å². The van der Waals surface area contributed by atoms with Crippen molar-refractivity contribution in [2.24, 2.45) is 0 Å². The highest BCUT2D eigenvalue weighted by molar-refractivity contribution is 7.98. The molecule has 1 amide bonds. The number of amides is 1. The first-order valence-electron chi connectivity index (χ1n) is 8.76. The highest BCUT2D eigenvalue weighted by Crippen LogP contribution is 2.14. The van der Waals surface area contributed by atoms with Crippen LogP contribution in [0, 0.1) is 0 Å². The fourth-order valence-corrected chi connectivity index (χ4v) is 2.96. The number of rotatable bonds is 8. The van der Waals surface area contributed by atoms with Crippen LogP contribution in [0.3, 0.4) is 0 Å². The number of benzene rings is 2. The van der Waals surface area contributed by atoms with Crippen LogP contribution < -0.4 is 10.6 Å². The van der Waals surface area contributed by atoms with E-state index < -0.39 is 0 Å². The molecule has 6 heteroatoms. The van der Waals surface area contributed by atoms with Gasteiger partial charge in [-0.05, 0) is 42.0 Å². The third-order valence-electron chi connectivity index (χ3n) is 4.04. The van der Waals surface area contributed by atoms with Crippen molar-refractivity contribution >= 4 is 23.6 Å². The summed E-state index contributed by atoms with van der Waals surface area (Å²) >= 11 is 1.69. The Bertz CT molecular complexity index is 869. The van der Waals surface area contributed by atoms with Crippen molar-refractivity contribution in [1.29, 1.82) is 0 Å². The Morgan fingerprint density at radius 3 is 2.52 bits per heavy atom. The van der Waals surface area contributed by atoms with E-state index in [0.717, 1.165) is 12.0 Å². The second kappa shape index (κ2) is 9.73. The quantitative estimate of drug-likeness (QED) is 0.584. The maximum Gasteiger partial charge on any atom is 0.270 e. The monoisotopic (exact) mass is 378 g/mol. The lowest BCUT2D eigenvalue weighted by Crippen LogP contribution is -2.24. The van der Waals surface area contributed by atoms with Crippen LogP contribution >= 0.6 is 11.8 Å². The molecule has 0 saturated heterocycles. The van der Waals surface area contributed by atoms with E-state index in [1.807, 2.05) is 48.7 Å². The van der Waals surface area contributed by atoms with Gasteiger partial charge in [-0.1, -0.05) is 42.5 Å². The number of aromatic nitrogens is 2. The summed E-state index contributed by atoms with van der Waals surface area (Å²) in [6.07, 6.45) is 4.50. The van der Waals surface area contributed by atoms with E-state index in [0.29, 0.717) is 24.7 Å². The van der Waals surface area contributed by atoms with Crippen molar-refractivity contribution < 1.29 is 4.79 Å². The summed E-state index contributed by atoms with van der Waals surface area (Å²) in [5.74, 6) is 0.250.